The third-order valence-corrected chi connectivity index (χ3v) is 3.50. The van der Waals surface area contributed by atoms with Crippen molar-refractivity contribution >= 4 is 16.7 Å². The van der Waals surface area contributed by atoms with Gasteiger partial charge >= 0.3 is 0 Å². The molecule has 0 radical (unpaired) electrons. The van der Waals surface area contributed by atoms with Crippen LogP contribution in [0.25, 0.3) is 0 Å². The monoisotopic (exact) mass is 209 g/mol. The maximum absolute atomic E-state index is 11.8. The number of benzene rings is 1. The highest BCUT2D eigenvalue weighted by Gasteiger charge is 2.21. The molecule has 1 aromatic rings. The van der Waals surface area contributed by atoms with Gasteiger partial charge in [-0.15, -0.1) is 6.58 Å². The molecular weight excluding hydrogens is 194 g/mol. The predicted molar refractivity (Wildman–Crippen MR) is 62.5 cm³/mol. The van der Waals surface area contributed by atoms with Gasteiger partial charge in [0.15, 0.2) is 0 Å². The summed E-state index contributed by atoms with van der Waals surface area (Å²) >= 11 is 0. The first-order chi connectivity index (χ1) is 6.56. The molecule has 0 aliphatic rings. The molecule has 76 valence electrons. The normalized spacial score (nSPS) is 13.3. The number of hydrogen-bond acceptors (Lipinski definition) is 1. The van der Waals surface area contributed by atoms with Crippen LogP contribution < -0.4 is 4.72 Å². The van der Waals surface area contributed by atoms with Crippen molar-refractivity contribution in [1.82, 2.24) is 0 Å². The summed E-state index contributed by atoms with van der Waals surface area (Å²) < 4.78 is 14.3. The standard InChI is InChI=1S/C11H15NOS/c1-4-11(2,3)14(13)12-10-8-6-5-7-9-10/h4-9,12H,1H2,2-3H3. The second-order valence-electron chi connectivity index (χ2n) is 3.54. The number of rotatable bonds is 4. The molecule has 3 heteroatoms. The molecular formula is C11H15NOS. The van der Waals surface area contributed by atoms with Gasteiger partial charge in [0.25, 0.3) is 0 Å². The van der Waals surface area contributed by atoms with E-state index >= 15 is 0 Å². The molecule has 0 heterocycles. The minimum atomic E-state index is -1.15. The third kappa shape index (κ3) is 2.70. The number of para-hydroxylation sites is 1. The van der Waals surface area contributed by atoms with Crippen LogP contribution in [-0.2, 0) is 11.0 Å². The van der Waals surface area contributed by atoms with E-state index in [1.54, 1.807) is 6.08 Å². The van der Waals surface area contributed by atoms with E-state index in [9.17, 15) is 4.21 Å². The van der Waals surface area contributed by atoms with Crippen LogP contribution in [-0.4, -0.2) is 8.96 Å². The van der Waals surface area contributed by atoms with Crippen LogP contribution in [0.3, 0.4) is 0 Å². The molecule has 1 rings (SSSR count). The molecule has 0 amide bonds. The van der Waals surface area contributed by atoms with Gasteiger partial charge in [0.1, 0.15) is 11.0 Å². The van der Waals surface area contributed by atoms with E-state index in [2.05, 4.69) is 11.3 Å². The second-order valence-corrected chi connectivity index (χ2v) is 5.34. The van der Waals surface area contributed by atoms with Crippen molar-refractivity contribution in [3.05, 3.63) is 43.0 Å². The van der Waals surface area contributed by atoms with E-state index < -0.39 is 15.7 Å². The molecule has 1 unspecified atom stereocenters. The number of hydrogen-bond donors (Lipinski definition) is 1. The van der Waals surface area contributed by atoms with E-state index in [0.29, 0.717) is 0 Å². The molecule has 2 nitrogen and oxygen atoms in total. The van der Waals surface area contributed by atoms with E-state index in [4.69, 9.17) is 0 Å². The molecule has 14 heavy (non-hydrogen) atoms. The molecule has 1 N–H and O–H groups in total. The Morgan fingerprint density at radius 2 is 1.93 bits per heavy atom. The molecule has 0 spiro atoms. The van der Waals surface area contributed by atoms with Crippen LogP contribution in [0.5, 0.6) is 0 Å². The fraction of sp³-hybridized carbons (Fsp3) is 0.273. The van der Waals surface area contributed by atoms with Gasteiger partial charge in [-0.25, -0.2) is 4.21 Å². The smallest absolute Gasteiger partial charge is 0.126 e. The van der Waals surface area contributed by atoms with Crippen molar-refractivity contribution in [2.45, 2.75) is 18.6 Å². The number of nitrogens with one attached hydrogen (secondary N) is 1. The highest BCUT2D eigenvalue weighted by atomic mass is 32.2. The molecule has 0 fully saturated rings. The van der Waals surface area contributed by atoms with E-state index in [0.717, 1.165) is 5.69 Å². The van der Waals surface area contributed by atoms with Gasteiger partial charge in [-0.2, -0.15) is 0 Å². The molecule has 0 aliphatic heterocycles. The van der Waals surface area contributed by atoms with Crippen molar-refractivity contribution < 1.29 is 4.21 Å². The van der Waals surface area contributed by atoms with Gasteiger partial charge in [-0.1, -0.05) is 24.3 Å². The fourth-order valence-corrected chi connectivity index (χ4v) is 1.59. The maximum Gasteiger partial charge on any atom is 0.126 e. The molecule has 0 bridgehead atoms. The lowest BCUT2D eigenvalue weighted by Crippen LogP contribution is -2.28. The zero-order chi connectivity index (χ0) is 10.6. The van der Waals surface area contributed by atoms with Crippen molar-refractivity contribution in [3.63, 3.8) is 0 Å². The van der Waals surface area contributed by atoms with Gasteiger partial charge in [0.05, 0.1) is 4.75 Å². The van der Waals surface area contributed by atoms with Gasteiger partial charge < -0.3 is 4.72 Å². The first-order valence-corrected chi connectivity index (χ1v) is 5.58. The molecule has 0 saturated heterocycles. The summed E-state index contributed by atoms with van der Waals surface area (Å²) in [7, 11) is -1.15. The van der Waals surface area contributed by atoms with Crippen LogP contribution in [0, 0.1) is 0 Å². The van der Waals surface area contributed by atoms with Crippen molar-refractivity contribution in [3.8, 4) is 0 Å². The minimum Gasteiger partial charge on any atom is -0.304 e. The van der Waals surface area contributed by atoms with Gasteiger partial charge in [-0.05, 0) is 26.0 Å². The summed E-state index contributed by atoms with van der Waals surface area (Å²) in [6.07, 6.45) is 1.69. The van der Waals surface area contributed by atoms with Crippen LogP contribution >= 0.6 is 0 Å². The van der Waals surface area contributed by atoms with Crippen molar-refractivity contribution in [1.29, 1.82) is 0 Å². The minimum absolute atomic E-state index is 0.421. The lowest BCUT2D eigenvalue weighted by molar-refractivity contribution is 0.667. The first kappa shape index (κ1) is 11.0. The molecule has 0 aromatic heterocycles. The third-order valence-electron chi connectivity index (χ3n) is 1.95. The van der Waals surface area contributed by atoms with Crippen LogP contribution in [0.4, 0.5) is 5.69 Å². The Balaban J connectivity index is 2.72. The highest BCUT2D eigenvalue weighted by Crippen LogP contribution is 2.16. The summed E-state index contributed by atoms with van der Waals surface area (Å²) in [5.41, 5.74) is 0.862. The summed E-state index contributed by atoms with van der Waals surface area (Å²) in [6, 6.07) is 9.50. The van der Waals surface area contributed by atoms with Gasteiger partial charge in [0, 0.05) is 5.69 Å². The van der Waals surface area contributed by atoms with E-state index in [1.807, 2.05) is 44.2 Å². The van der Waals surface area contributed by atoms with Crippen LogP contribution in [0.2, 0.25) is 0 Å². The fourth-order valence-electron chi connectivity index (χ4n) is 0.820. The Kier molecular flexibility index (Phi) is 3.47. The molecule has 1 aromatic carbocycles. The van der Waals surface area contributed by atoms with Crippen LogP contribution in [0.1, 0.15) is 13.8 Å². The highest BCUT2D eigenvalue weighted by molar-refractivity contribution is 7.87. The lowest BCUT2D eigenvalue weighted by Gasteiger charge is -2.19. The summed E-state index contributed by atoms with van der Waals surface area (Å²) in [5, 5.41) is 0. The van der Waals surface area contributed by atoms with Crippen LogP contribution in [0.15, 0.2) is 43.0 Å². The van der Waals surface area contributed by atoms with Crippen molar-refractivity contribution in [2.75, 3.05) is 4.72 Å². The molecule has 1 atom stereocenters. The first-order valence-electron chi connectivity index (χ1n) is 4.43. The Morgan fingerprint density at radius 1 is 1.36 bits per heavy atom. The predicted octanol–water partition coefficient (Wildman–Crippen LogP) is 2.73. The van der Waals surface area contributed by atoms with Gasteiger partial charge in [-0.3, -0.25) is 0 Å². The van der Waals surface area contributed by atoms with E-state index in [-0.39, 0.29) is 0 Å². The molecule has 0 aliphatic carbocycles. The topological polar surface area (TPSA) is 29.1 Å². The lowest BCUT2D eigenvalue weighted by atomic mass is 10.2. The van der Waals surface area contributed by atoms with E-state index in [1.165, 1.54) is 0 Å². The zero-order valence-electron chi connectivity index (χ0n) is 8.49. The summed E-state index contributed by atoms with van der Waals surface area (Å²) in [6.45, 7) is 7.42. The zero-order valence-corrected chi connectivity index (χ0v) is 9.30. The summed E-state index contributed by atoms with van der Waals surface area (Å²) in [4.78, 5) is 0. The second kappa shape index (κ2) is 4.42. The summed E-state index contributed by atoms with van der Waals surface area (Å²) in [5.74, 6) is 0. The average Bonchev–Trinajstić information content (AvgIpc) is 2.19. The number of anilines is 1. The Labute approximate surface area is 87.6 Å². The maximum atomic E-state index is 11.8. The largest absolute Gasteiger partial charge is 0.304 e. The Morgan fingerprint density at radius 3 is 2.43 bits per heavy atom. The quantitative estimate of drug-likeness (QED) is 0.759. The average molecular weight is 209 g/mol. The molecule has 0 saturated carbocycles. The Hall–Kier alpha value is -1.09. The SMILES string of the molecule is C=CC(C)(C)S(=O)Nc1ccccc1. The van der Waals surface area contributed by atoms with Crippen molar-refractivity contribution in [2.24, 2.45) is 0 Å². The van der Waals surface area contributed by atoms with Gasteiger partial charge in [0.2, 0.25) is 0 Å². The Bertz CT molecular complexity index is 332.